The molecule has 2 aromatic rings. The van der Waals surface area contributed by atoms with E-state index in [9.17, 15) is 9.00 Å². The summed E-state index contributed by atoms with van der Waals surface area (Å²) in [5.41, 5.74) is 8.20. The first kappa shape index (κ1) is 17.8. The molecule has 0 bridgehead atoms. The Bertz CT molecular complexity index is 889. The number of ether oxygens (including phenoxy) is 1. The maximum Gasteiger partial charge on any atom is 0.245 e. The molecule has 0 radical (unpaired) electrons. The van der Waals surface area contributed by atoms with Gasteiger partial charge in [0.2, 0.25) is 5.91 Å². The van der Waals surface area contributed by atoms with Gasteiger partial charge in [-0.05, 0) is 41.8 Å². The van der Waals surface area contributed by atoms with Crippen molar-refractivity contribution >= 4 is 22.6 Å². The van der Waals surface area contributed by atoms with Gasteiger partial charge in [0.25, 0.3) is 0 Å². The van der Waals surface area contributed by atoms with Gasteiger partial charge in [0, 0.05) is 6.04 Å². The van der Waals surface area contributed by atoms with Crippen LogP contribution in [0.1, 0.15) is 18.0 Å². The summed E-state index contributed by atoms with van der Waals surface area (Å²) in [5.74, 6) is 2.65. The van der Waals surface area contributed by atoms with E-state index in [0.717, 1.165) is 5.56 Å². The van der Waals surface area contributed by atoms with Crippen molar-refractivity contribution in [3.63, 3.8) is 0 Å². The summed E-state index contributed by atoms with van der Waals surface area (Å²) < 4.78 is 20.0. The average molecular weight is 371 g/mol. The van der Waals surface area contributed by atoms with Crippen LogP contribution in [0.5, 0.6) is 5.75 Å². The third-order valence-electron chi connectivity index (χ3n) is 3.94. The zero-order chi connectivity index (χ0) is 18.5. The smallest absolute Gasteiger partial charge is 0.245 e. The van der Waals surface area contributed by atoms with Crippen LogP contribution in [0.4, 0.5) is 5.69 Å². The zero-order valence-corrected chi connectivity index (χ0v) is 14.5. The first-order valence-corrected chi connectivity index (χ1v) is 8.90. The van der Waals surface area contributed by atoms with E-state index in [-0.39, 0.29) is 13.0 Å². The number of carbonyl (C=O) groups is 1. The molecule has 4 N–H and O–H groups in total. The van der Waals surface area contributed by atoms with Crippen LogP contribution in [0.3, 0.4) is 0 Å². The van der Waals surface area contributed by atoms with Crippen LogP contribution in [0.15, 0.2) is 53.4 Å². The third-order valence-corrected chi connectivity index (χ3v) is 5.51. The van der Waals surface area contributed by atoms with Crippen LogP contribution in [0.2, 0.25) is 0 Å². The van der Waals surface area contributed by atoms with E-state index >= 15 is 0 Å². The molecule has 0 saturated carbocycles. The van der Waals surface area contributed by atoms with Gasteiger partial charge in [0.15, 0.2) is 17.6 Å². The van der Waals surface area contributed by atoms with E-state index in [2.05, 4.69) is 12.0 Å². The largest absolute Gasteiger partial charge is 0.481 e. The fraction of sp³-hybridized carbons (Fsp3) is 0.167. The van der Waals surface area contributed by atoms with E-state index in [0.29, 0.717) is 16.3 Å². The minimum absolute atomic E-state index is 0.0242. The van der Waals surface area contributed by atoms with Gasteiger partial charge < -0.3 is 10.5 Å². The number of nitrogens with two attached hydrogens (primary N) is 1. The predicted molar refractivity (Wildman–Crippen MR) is 96.5 cm³/mol. The van der Waals surface area contributed by atoms with Gasteiger partial charge in [-0.25, -0.2) is 9.69 Å². The monoisotopic (exact) mass is 371 g/mol. The second-order valence-corrected chi connectivity index (χ2v) is 6.80. The molecule has 134 valence electrons. The summed E-state index contributed by atoms with van der Waals surface area (Å²) >= 11 is 0. The lowest BCUT2D eigenvalue weighted by atomic mass is 10.0. The van der Waals surface area contributed by atoms with Crippen LogP contribution in [0, 0.1) is 12.0 Å². The summed E-state index contributed by atoms with van der Waals surface area (Å²) in [4.78, 5) is 12.4. The quantitative estimate of drug-likeness (QED) is 0.319. The van der Waals surface area contributed by atoms with E-state index in [4.69, 9.17) is 15.7 Å². The molecule has 26 heavy (non-hydrogen) atoms. The Morgan fingerprint density at radius 2 is 2.00 bits per heavy atom. The molecule has 7 nitrogen and oxygen atoms in total. The molecule has 1 aliphatic heterocycles. The number of rotatable bonds is 5. The lowest BCUT2D eigenvalue weighted by Crippen LogP contribution is -2.29. The second kappa shape index (κ2) is 7.91. The van der Waals surface area contributed by atoms with Crippen molar-refractivity contribution in [1.29, 1.82) is 0 Å². The van der Waals surface area contributed by atoms with Crippen LogP contribution >= 0.6 is 0 Å². The van der Waals surface area contributed by atoms with E-state index in [1.165, 1.54) is 0 Å². The number of benzene rings is 2. The van der Waals surface area contributed by atoms with Crippen molar-refractivity contribution in [3.8, 4) is 17.7 Å². The Morgan fingerprint density at radius 3 is 2.69 bits per heavy atom. The van der Waals surface area contributed by atoms with Crippen molar-refractivity contribution in [2.24, 2.45) is 5.73 Å². The number of hydroxylamine groups is 1. The van der Waals surface area contributed by atoms with E-state index in [1.807, 2.05) is 12.1 Å². The van der Waals surface area contributed by atoms with E-state index < -0.39 is 22.9 Å². The van der Waals surface area contributed by atoms with Gasteiger partial charge in [-0.1, -0.05) is 18.2 Å². The minimum Gasteiger partial charge on any atom is -0.481 e. The molecular formula is C18H17N3O4S. The van der Waals surface area contributed by atoms with Gasteiger partial charge in [-0.3, -0.25) is 14.3 Å². The molecule has 8 heteroatoms. The first-order chi connectivity index (χ1) is 12.7. The third kappa shape index (κ3) is 3.49. The molecule has 1 heterocycles. The Hall–Kier alpha value is -3.02. The lowest BCUT2D eigenvalue weighted by molar-refractivity contribution is -0.129. The van der Waals surface area contributed by atoms with Gasteiger partial charge in [-0.2, -0.15) is 0 Å². The molecule has 1 aliphatic rings. The number of hydrogen-bond donors (Lipinski definition) is 3. The maximum absolute atomic E-state index is 13.0. The standard InChI is InChI=1S/C18H17N3O4S/c19-10-3-11-25-14-8-6-13(7-9-14)21-16(12-18(22)20-23)15-4-1-2-5-17(15)26(21)24/h1-2,4-9,16,23H,11-12,19H2,(H,20,22). The summed E-state index contributed by atoms with van der Waals surface area (Å²) in [6.07, 6.45) is -0.0242. The number of anilines is 1. The van der Waals surface area contributed by atoms with Crippen molar-refractivity contribution in [2.45, 2.75) is 17.4 Å². The van der Waals surface area contributed by atoms with Crippen LogP contribution in [-0.2, 0) is 15.8 Å². The van der Waals surface area contributed by atoms with Crippen molar-refractivity contribution in [1.82, 2.24) is 5.48 Å². The lowest BCUT2D eigenvalue weighted by Gasteiger charge is -2.25. The Labute approximate surface area is 153 Å². The summed E-state index contributed by atoms with van der Waals surface area (Å²) in [5, 5.41) is 8.87. The second-order valence-electron chi connectivity index (χ2n) is 5.47. The van der Waals surface area contributed by atoms with Gasteiger partial charge in [-0.15, -0.1) is 0 Å². The Morgan fingerprint density at radius 1 is 1.27 bits per heavy atom. The predicted octanol–water partition coefficient (Wildman–Crippen LogP) is 1.46. The van der Waals surface area contributed by atoms with E-state index in [1.54, 1.807) is 46.2 Å². The van der Waals surface area contributed by atoms with Crippen molar-refractivity contribution in [3.05, 3.63) is 54.1 Å². The molecule has 3 rings (SSSR count). The van der Waals surface area contributed by atoms with Crippen molar-refractivity contribution < 1.29 is 18.9 Å². The number of fused-ring (bicyclic) bond motifs is 1. The molecule has 0 spiro atoms. The summed E-state index contributed by atoms with van der Waals surface area (Å²) in [6, 6.07) is 16.1. The minimum atomic E-state index is -1.46. The van der Waals surface area contributed by atoms with Gasteiger partial charge in [0.1, 0.15) is 5.75 Å². The summed E-state index contributed by atoms with van der Waals surface area (Å²) in [6.45, 7) is 0.177. The highest BCUT2D eigenvalue weighted by Crippen LogP contribution is 2.42. The van der Waals surface area contributed by atoms with Crippen LogP contribution < -0.4 is 20.3 Å². The molecule has 0 fully saturated rings. The normalized spacial score (nSPS) is 17.8. The van der Waals surface area contributed by atoms with Crippen molar-refractivity contribution in [2.75, 3.05) is 10.9 Å². The van der Waals surface area contributed by atoms with Crippen LogP contribution in [-0.4, -0.2) is 21.9 Å². The molecule has 2 aromatic carbocycles. The highest BCUT2D eigenvalue weighted by molar-refractivity contribution is 7.87. The average Bonchev–Trinajstić information content (AvgIpc) is 2.95. The SMILES string of the molecule is NC#CCOc1ccc(N2C(CC(=O)NO)c3ccccc3S2=O)cc1. The molecule has 0 aromatic heterocycles. The number of nitrogens with one attached hydrogen (secondary N) is 1. The first-order valence-electron chi connectivity index (χ1n) is 7.80. The van der Waals surface area contributed by atoms with Crippen LogP contribution in [0.25, 0.3) is 0 Å². The Balaban J connectivity index is 1.90. The fourth-order valence-electron chi connectivity index (χ4n) is 2.80. The van der Waals surface area contributed by atoms with Gasteiger partial charge >= 0.3 is 0 Å². The molecule has 2 unspecified atom stereocenters. The number of amides is 1. The highest BCUT2D eigenvalue weighted by Gasteiger charge is 2.37. The molecule has 0 saturated heterocycles. The molecule has 1 amide bonds. The number of carbonyl (C=O) groups excluding carboxylic acids is 1. The molecule has 2 atom stereocenters. The number of nitrogens with zero attached hydrogens (tertiary/aromatic N) is 1. The molecule has 0 aliphatic carbocycles. The zero-order valence-electron chi connectivity index (χ0n) is 13.7. The highest BCUT2D eigenvalue weighted by atomic mass is 32.2. The Kier molecular flexibility index (Phi) is 5.41. The van der Waals surface area contributed by atoms with Gasteiger partial charge in [0.05, 0.1) is 23.0 Å². The fourth-order valence-corrected chi connectivity index (χ4v) is 4.35. The summed E-state index contributed by atoms with van der Waals surface area (Å²) in [7, 11) is -1.46. The number of hydrogen-bond acceptors (Lipinski definition) is 5. The topological polar surface area (TPSA) is 105 Å². The molecular weight excluding hydrogens is 354 g/mol. The maximum atomic E-state index is 13.0.